The van der Waals surface area contributed by atoms with E-state index in [-0.39, 0.29) is 5.78 Å². The number of carbonyl (C=O) groups is 1. The monoisotopic (exact) mass is 223 g/mol. The molecule has 0 saturated heterocycles. The molecule has 0 unspecified atom stereocenters. The normalized spacial score (nSPS) is 13.9. The second-order valence-electron chi connectivity index (χ2n) is 4.28. The largest absolute Gasteiger partial charge is 0.316 e. The minimum Gasteiger partial charge on any atom is -0.316 e. The number of nitrogens with one attached hydrogen (secondary N) is 1. The van der Waals surface area contributed by atoms with E-state index >= 15 is 0 Å². The summed E-state index contributed by atoms with van der Waals surface area (Å²) in [5.74, 6) is 0.142. The van der Waals surface area contributed by atoms with E-state index < -0.39 is 0 Å². The van der Waals surface area contributed by atoms with Gasteiger partial charge < -0.3 is 5.32 Å². The maximum absolute atomic E-state index is 12.3. The first-order valence-electron chi connectivity index (χ1n) is 5.73. The molecule has 2 nitrogen and oxygen atoms in total. The summed E-state index contributed by atoms with van der Waals surface area (Å²) in [4.78, 5) is 12.3. The highest BCUT2D eigenvalue weighted by atomic mass is 16.1. The van der Waals surface area contributed by atoms with Gasteiger partial charge in [-0.15, -0.1) is 0 Å². The molecule has 0 saturated carbocycles. The molecule has 2 aromatic carbocycles. The summed E-state index contributed by atoms with van der Waals surface area (Å²) in [6.45, 7) is 0.615. The molecule has 2 aromatic rings. The molecule has 0 atom stereocenters. The number of Topliss-reactive ketones (excluding diaryl/α,β-unsaturated/α-hetero) is 1. The van der Waals surface area contributed by atoms with Crippen molar-refractivity contribution in [3.63, 3.8) is 0 Å². The summed E-state index contributed by atoms with van der Waals surface area (Å²) in [7, 11) is 1.86. The van der Waals surface area contributed by atoms with Crippen LogP contribution in [0.4, 0.5) is 0 Å². The lowest BCUT2D eigenvalue weighted by molar-refractivity contribution is 0.103. The van der Waals surface area contributed by atoms with E-state index in [9.17, 15) is 4.79 Å². The van der Waals surface area contributed by atoms with Gasteiger partial charge in [0.05, 0.1) is 0 Å². The smallest absolute Gasteiger partial charge is 0.190 e. The van der Waals surface area contributed by atoms with Crippen LogP contribution in [0.1, 0.15) is 15.9 Å². The second kappa shape index (κ2) is 3.82. The Morgan fingerprint density at radius 1 is 1.12 bits per heavy atom. The molecular formula is C15H13NO. The fourth-order valence-electron chi connectivity index (χ4n) is 2.43. The summed E-state index contributed by atoms with van der Waals surface area (Å²) in [6, 6.07) is 12.1. The highest BCUT2D eigenvalue weighted by Crippen LogP contribution is 2.30. The molecule has 0 aliphatic heterocycles. The lowest BCUT2D eigenvalue weighted by atomic mass is 9.88. The van der Waals surface area contributed by atoms with Crippen LogP contribution in [0.15, 0.2) is 42.0 Å². The Hall–Kier alpha value is -1.93. The van der Waals surface area contributed by atoms with Gasteiger partial charge in [-0.1, -0.05) is 36.4 Å². The van der Waals surface area contributed by atoms with Gasteiger partial charge in [0.15, 0.2) is 5.78 Å². The van der Waals surface area contributed by atoms with Crippen molar-refractivity contribution in [2.24, 2.45) is 0 Å². The quantitative estimate of drug-likeness (QED) is 0.848. The van der Waals surface area contributed by atoms with E-state index in [0.29, 0.717) is 6.54 Å². The third-order valence-electron chi connectivity index (χ3n) is 3.17. The summed E-state index contributed by atoms with van der Waals surface area (Å²) in [5, 5.41) is 5.26. The fourth-order valence-corrected chi connectivity index (χ4v) is 2.43. The van der Waals surface area contributed by atoms with Crippen LogP contribution in [0.5, 0.6) is 0 Å². The molecule has 0 amide bonds. The maximum Gasteiger partial charge on any atom is 0.190 e. The maximum atomic E-state index is 12.3. The molecule has 0 radical (unpaired) electrons. The number of benzene rings is 2. The molecule has 1 N–H and O–H groups in total. The standard InChI is InChI=1S/C15H13NO/c1-16-9-12-8-11-6-2-4-10-5-3-7-13(14(10)11)15(12)17/h2-8,16H,9H2,1H3. The molecule has 1 aliphatic rings. The van der Waals surface area contributed by atoms with Crippen molar-refractivity contribution in [1.29, 1.82) is 0 Å². The lowest BCUT2D eigenvalue weighted by Gasteiger charge is -2.16. The van der Waals surface area contributed by atoms with Crippen molar-refractivity contribution in [2.45, 2.75) is 0 Å². The number of ketones is 1. The van der Waals surface area contributed by atoms with Crippen molar-refractivity contribution in [1.82, 2.24) is 5.32 Å². The van der Waals surface area contributed by atoms with Gasteiger partial charge >= 0.3 is 0 Å². The Kier molecular flexibility index (Phi) is 2.30. The predicted molar refractivity (Wildman–Crippen MR) is 70.2 cm³/mol. The van der Waals surface area contributed by atoms with E-state index in [1.807, 2.05) is 43.5 Å². The van der Waals surface area contributed by atoms with Gasteiger partial charge in [0.25, 0.3) is 0 Å². The topological polar surface area (TPSA) is 29.1 Å². The summed E-state index contributed by atoms with van der Waals surface area (Å²) in [6.07, 6.45) is 1.99. The van der Waals surface area contributed by atoms with Crippen molar-refractivity contribution in [3.05, 3.63) is 53.1 Å². The molecule has 1 aliphatic carbocycles. The van der Waals surface area contributed by atoms with Crippen LogP contribution in [-0.4, -0.2) is 19.4 Å². The molecule has 0 spiro atoms. The number of hydrogen-bond acceptors (Lipinski definition) is 2. The first kappa shape index (κ1) is 10.2. The highest BCUT2D eigenvalue weighted by molar-refractivity contribution is 6.22. The van der Waals surface area contributed by atoms with Gasteiger partial charge in [-0.3, -0.25) is 4.79 Å². The molecule has 2 heteroatoms. The minimum atomic E-state index is 0.142. The molecule has 3 rings (SSSR count). The third-order valence-corrected chi connectivity index (χ3v) is 3.17. The highest BCUT2D eigenvalue weighted by Gasteiger charge is 2.20. The van der Waals surface area contributed by atoms with Gasteiger partial charge in [0.1, 0.15) is 0 Å². The first-order valence-corrected chi connectivity index (χ1v) is 5.73. The van der Waals surface area contributed by atoms with Crippen LogP contribution in [0.2, 0.25) is 0 Å². The summed E-state index contributed by atoms with van der Waals surface area (Å²) < 4.78 is 0. The van der Waals surface area contributed by atoms with Gasteiger partial charge in [-0.25, -0.2) is 0 Å². The van der Waals surface area contributed by atoms with Gasteiger partial charge in [0.2, 0.25) is 0 Å². The van der Waals surface area contributed by atoms with Gasteiger partial charge in [-0.05, 0) is 24.1 Å². The SMILES string of the molecule is CNCC1=Cc2cccc3cccc(c23)C1=O. The minimum absolute atomic E-state index is 0.142. The predicted octanol–water partition coefficient (Wildman–Crippen LogP) is 2.64. The van der Waals surface area contributed by atoms with E-state index in [1.165, 1.54) is 0 Å². The van der Waals surface area contributed by atoms with Gasteiger partial charge in [0, 0.05) is 23.1 Å². The Balaban J connectivity index is 2.33. The zero-order chi connectivity index (χ0) is 11.8. The van der Waals surface area contributed by atoms with Crippen LogP contribution in [0, 0.1) is 0 Å². The molecule has 0 fully saturated rings. The molecule has 0 heterocycles. The van der Waals surface area contributed by atoms with E-state index in [0.717, 1.165) is 27.5 Å². The number of rotatable bonds is 2. The lowest BCUT2D eigenvalue weighted by Crippen LogP contribution is -2.19. The van der Waals surface area contributed by atoms with Crippen molar-refractivity contribution in [3.8, 4) is 0 Å². The van der Waals surface area contributed by atoms with Crippen LogP contribution in [0.25, 0.3) is 16.8 Å². The number of hydrogen-bond donors (Lipinski definition) is 1. The molecule has 0 aromatic heterocycles. The van der Waals surface area contributed by atoms with Crippen LogP contribution >= 0.6 is 0 Å². The zero-order valence-corrected chi connectivity index (χ0v) is 9.66. The van der Waals surface area contributed by atoms with E-state index in [2.05, 4.69) is 11.4 Å². The average Bonchev–Trinajstić information content (AvgIpc) is 2.36. The van der Waals surface area contributed by atoms with E-state index in [1.54, 1.807) is 0 Å². The molecule has 0 bridgehead atoms. The van der Waals surface area contributed by atoms with Crippen LogP contribution < -0.4 is 5.32 Å². The number of likely N-dealkylation sites (N-methyl/N-ethyl adjacent to an activating group) is 1. The second-order valence-corrected chi connectivity index (χ2v) is 4.28. The molecule has 17 heavy (non-hydrogen) atoms. The van der Waals surface area contributed by atoms with Crippen LogP contribution in [-0.2, 0) is 0 Å². The Bertz CT molecular complexity index is 635. The Labute approximate surface area is 100.0 Å². The van der Waals surface area contributed by atoms with Crippen LogP contribution in [0.3, 0.4) is 0 Å². The van der Waals surface area contributed by atoms with Crippen molar-refractivity contribution >= 4 is 22.6 Å². The average molecular weight is 223 g/mol. The Morgan fingerprint density at radius 2 is 1.88 bits per heavy atom. The third kappa shape index (κ3) is 1.49. The number of carbonyl (C=O) groups excluding carboxylic acids is 1. The fraction of sp³-hybridized carbons (Fsp3) is 0.133. The summed E-state index contributed by atoms with van der Waals surface area (Å²) in [5.41, 5.74) is 2.80. The van der Waals surface area contributed by atoms with Crippen molar-refractivity contribution in [2.75, 3.05) is 13.6 Å². The summed E-state index contributed by atoms with van der Waals surface area (Å²) >= 11 is 0. The zero-order valence-electron chi connectivity index (χ0n) is 9.66. The first-order chi connectivity index (χ1) is 8.31. The Morgan fingerprint density at radius 3 is 2.65 bits per heavy atom. The molecular weight excluding hydrogens is 210 g/mol. The molecule has 84 valence electrons. The van der Waals surface area contributed by atoms with E-state index in [4.69, 9.17) is 0 Å². The van der Waals surface area contributed by atoms with Gasteiger partial charge in [-0.2, -0.15) is 0 Å². The van der Waals surface area contributed by atoms with Crippen molar-refractivity contribution < 1.29 is 4.79 Å².